The average Bonchev–Trinajstić information content (AvgIpc) is 3.32. The number of carbonyl (C=O) groups is 1. The number of nitrogens with one attached hydrogen (secondary N) is 2. The van der Waals surface area contributed by atoms with Gasteiger partial charge in [-0.3, -0.25) is 20.0 Å². The van der Waals surface area contributed by atoms with Crippen LogP contribution in [-0.4, -0.2) is 31.3 Å². The van der Waals surface area contributed by atoms with Crippen molar-refractivity contribution in [2.75, 3.05) is 5.32 Å². The highest BCUT2D eigenvalue weighted by molar-refractivity contribution is 8.00. The number of rotatable bonds is 8. The van der Waals surface area contributed by atoms with Crippen molar-refractivity contribution in [3.8, 4) is 0 Å². The van der Waals surface area contributed by atoms with Gasteiger partial charge in [0.1, 0.15) is 5.82 Å². The van der Waals surface area contributed by atoms with Crippen molar-refractivity contribution in [1.29, 1.82) is 0 Å². The van der Waals surface area contributed by atoms with Crippen molar-refractivity contribution in [2.45, 2.75) is 55.9 Å². The number of nitro benzene ring substituents is 1. The Labute approximate surface area is 161 Å². The summed E-state index contributed by atoms with van der Waals surface area (Å²) in [5.74, 6) is 1.47. The van der Waals surface area contributed by atoms with Gasteiger partial charge in [0.25, 0.3) is 5.69 Å². The molecule has 1 aliphatic carbocycles. The van der Waals surface area contributed by atoms with Gasteiger partial charge in [-0.1, -0.05) is 37.4 Å². The second-order valence-electron chi connectivity index (χ2n) is 6.81. The molecule has 1 atom stereocenters. The Hall–Kier alpha value is -2.42. The van der Waals surface area contributed by atoms with Crippen LogP contribution in [0.3, 0.4) is 0 Å². The number of H-pyrrole nitrogens is 1. The molecule has 27 heavy (non-hydrogen) atoms. The summed E-state index contributed by atoms with van der Waals surface area (Å²) in [5, 5.41) is 20.7. The van der Waals surface area contributed by atoms with Gasteiger partial charge in [-0.05, 0) is 31.4 Å². The molecule has 3 rings (SSSR count). The van der Waals surface area contributed by atoms with Crippen molar-refractivity contribution < 1.29 is 9.72 Å². The van der Waals surface area contributed by atoms with Crippen LogP contribution >= 0.6 is 11.8 Å². The molecular weight excluding hydrogens is 366 g/mol. The number of hydrogen-bond donors (Lipinski definition) is 2. The summed E-state index contributed by atoms with van der Waals surface area (Å²) in [4.78, 5) is 27.0. The first kappa shape index (κ1) is 19.3. The highest BCUT2D eigenvalue weighted by atomic mass is 32.2. The fourth-order valence-corrected chi connectivity index (χ4v) is 3.95. The van der Waals surface area contributed by atoms with Gasteiger partial charge in [0.05, 0.1) is 10.2 Å². The van der Waals surface area contributed by atoms with Crippen LogP contribution in [0, 0.1) is 16.0 Å². The van der Waals surface area contributed by atoms with Crippen LogP contribution in [0.2, 0.25) is 0 Å². The SMILES string of the molecule is C[C@H](Sc1n[nH]c(CCC2CCCC2)n1)C(=O)Nc1ccc([N+](=O)[O-])cc1. The largest absolute Gasteiger partial charge is 0.325 e. The minimum Gasteiger partial charge on any atom is -0.325 e. The molecule has 0 unspecified atom stereocenters. The van der Waals surface area contributed by atoms with Gasteiger partial charge < -0.3 is 5.32 Å². The number of non-ortho nitro benzene ring substituents is 1. The van der Waals surface area contributed by atoms with Crippen LogP contribution in [0.4, 0.5) is 11.4 Å². The molecule has 8 nitrogen and oxygen atoms in total. The van der Waals surface area contributed by atoms with E-state index in [-0.39, 0.29) is 11.6 Å². The van der Waals surface area contributed by atoms with E-state index >= 15 is 0 Å². The lowest BCUT2D eigenvalue weighted by atomic mass is 10.0. The predicted molar refractivity (Wildman–Crippen MR) is 104 cm³/mol. The monoisotopic (exact) mass is 389 g/mol. The fourth-order valence-electron chi connectivity index (χ4n) is 3.20. The zero-order valence-corrected chi connectivity index (χ0v) is 16.0. The van der Waals surface area contributed by atoms with Crippen LogP contribution in [0.15, 0.2) is 29.4 Å². The van der Waals surface area contributed by atoms with E-state index in [1.165, 1.54) is 61.7 Å². The minimum absolute atomic E-state index is 0.0127. The fraction of sp³-hybridized carbons (Fsp3) is 0.500. The molecule has 144 valence electrons. The lowest BCUT2D eigenvalue weighted by molar-refractivity contribution is -0.384. The molecule has 1 aromatic carbocycles. The number of nitro groups is 1. The maximum Gasteiger partial charge on any atom is 0.269 e. The van der Waals surface area contributed by atoms with E-state index in [1.807, 2.05) is 0 Å². The maximum absolute atomic E-state index is 12.3. The van der Waals surface area contributed by atoms with Crippen LogP contribution in [-0.2, 0) is 11.2 Å². The zero-order valence-electron chi connectivity index (χ0n) is 15.2. The van der Waals surface area contributed by atoms with Crippen molar-refractivity contribution in [2.24, 2.45) is 5.92 Å². The molecule has 1 saturated carbocycles. The van der Waals surface area contributed by atoms with Gasteiger partial charge in [0.2, 0.25) is 11.1 Å². The molecule has 1 aliphatic rings. The summed E-state index contributed by atoms with van der Waals surface area (Å²) in [5.41, 5.74) is 0.506. The highest BCUT2D eigenvalue weighted by Gasteiger charge is 2.19. The number of hydrogen-bond acceptors (Lipinski definition) is 6. The van der Waals surface area contributed by atoms with Crippen molar-refractivity contribution in [3.05, 3.63) is 40.2 Å². The van der Waals surface area contributed by atoms with Crippen LogP contribution in [0.5, 0.6) is 0 Å². The normalized spacial score (nSPS) is 15.6. The average molecular weight is 389 g/mol. The lowest BCUT2D eigenvalue weighted by Gasteiger charge is -2.10. The Kier molecular flexibility index (Phi) is 6.44. The Bertz CT molecular complexity index is 787. The topological polar surface area (TPSA) is 114 Å². The summed E-state index contributed by atoms with van der Waals surface area (Å²) in [6.07, 6.45) is 7.33. The van der Waals surface area contributed by atoms with Gasteiger partial charge in [0.15, 0.2) is 0 Å². The maximum atomic E-state index is 12.3. The summed E-state index contributed by atoms with van der Waals surface area (Å²) in [6.45, 7) is 1.78. The van der Waals surface area contributed by atoms with Crippen LogP contribution < -0.4 is 5.32 Å². The number of anilines is 1. The number of benzene rings is 1. The van der Waals surface area contributed by atoms with Crippen molar-refractivity contribution in [1.82, 2.24) is 15.2 Å². The first-order valence-corrected chi connectivity index (χ1v) is 10.0. The van der Waals surface area contributed by atoms with E-state index in [1.54, 1.807) is 6.92 Å². The number of thioether (sulfide) groups is 1. The first-order valence-electron chi connectivity index (χ1n) is 9.14. The third kappa shape index (κ3) is 5.53. The smallest absolute Gasteiger partial charge is 0.269 e. The number of carbonyl (C=O) groups excluding carboxylic acids is 1. The number of nitrogens with zero attached hydrogens (tertiary/aromatic N) is 3. The van der Waals surface area contributed by atoms with Gasteiger partial charge in [-0.2, -0.15) is 0 Å². The van der Waals surface area contributed by atoms with Gasteiger partial charge >= 0.3 is 0 Å². The summed E-state index contributed by atoms with van der Waals surface area (Å²) < 4.78 is 0. The zero-order chi connectivity index (χ0) is 19.2. The van der Waals surface area contributed by atoms with E-state index in [9.17, 15) is 14.9 Å². The highest BCUT2D eigenvalue weighted by Crippen LogP contribution is 2.28. The third-order valence-electron chi connectivity index (χ3n) is 4.77. The van der Waals surface area contributed by atoms with E-state index in [0.29, 0.717) is 10.8 Å². The first-order chi connectivity index (χ1) is 13.0. The third-order valence-corrected chi connectivity index (χ3v) is 5.73. The Morgan fingerprint density at radius 3 is 2.74 bits per heavy atom. The lowest BCUT2D eigenvalue weighted by Crippen LogP contribution is -2.22. The molecule has 1 amide bonds. The second-order valence-corrected chi connectivity index (χ2v) is 8.12. The standard InChI is InChI=1S/C18H23N5O3S/c1-12(17(24)19-14-7-9-15(10-8-14)23(25)26)27-18-20-16(21-22-18)11-6-13-4-2-3-5-13/h7-10,12-13H,2-6,11H2,1H3,(H,19,24)(H,20,21,22)/t12-/m0/s1. The number of aromatic nitrogens is 3. The minimum atomic E-state index is -0.475. The van der Waals surface area contributed by atoms with Crippen molar-refractivity contribution >= 4 is 29.0 Å². The summed E-state index contributed by atoms with van der Waals surface area (Å²) in [7, 11) is 0. The Morgan fingerprint density at radius 2 is 2.07 bits per heavy atom. The molecule has 1 aromatic heterocycles. The summed E-state index contributed by atoms with van der Waals surface area (Å²) >= 11 is 1.28. The molecule has 1 fully saturated rings. The van der Waals surface area contributed by atoms with E-state index < -0.39 is 10.2 Å². The number of amides is 1. The quantitative estimate of drug-likeness (QED) is 0.401. The number of aromatic amines is 1. The van der Waals surface area contributed by atoms with E-state index in [2.05, 4.69) is 20.5 Å². The molecule has 2 N–H and O–H groups in total. The van der Waals surface area contributed by atoms with E-state index in [0.717, 1.165) is 24.6 Å². The van der Waals surface area contributed by atoms with Gasteiger partial charge in [0, 0.05) is 24.2 Å². The van der Waals surface area contributed by atoms with Crippen LogP contribution in [0.25, 0.3) is 0 Å². The summed E-state index contributed by atoms with van der Waals surface area (Å²) in [6, 6.07) is 5.75. The van der Waals surface area contributed by atoms with Gasteiger partial charge in [-0.15, -0.1) is 5.10 Å². The molecule has 0 radical (unpaired) electrons. The van der Waals surface area contributed by atoms with Crippen LogP contribution in [0.1, 0.15) is 44.9 Å². The predicted octanol–water partition coefficient (Wildman–Crippen LogP) is 3.96. The molecule has 1 heterocycles. The molecule has 0 bridgehead atoms. The molecule has 9 heteroatoms. The second kappa shape index (κ2) is 8.98. The Balaban J connectivity index is 1.48. The van der Waals surface area contributed by atoms with E-state index in [4.69, 9.17) is 0 Å². The molecule has 0 saturated heterocycles. The molecule has 0 aliphatic heterocycles. The van der Waals surface area contributed by atoms with Crippen molar-refractivity contribution in [3.63, 3.8) is 0 Å². The number of aryl methyl sites for hydroxylation is 1. The van der Waals surface area contributed by atoms with Gasteiger partial charge in [-0.25, -0.2) is 4.98 Å². The molecule has 2 aromatic rings. The Morgan fingerprint density at radius 1 is 1.37 bits per heavy atom. The molecule has 0 spiro atoms. The molecular formula is C18H23N5O3S.